The van der Waals surface area contributed by atoms with E-state index in [0.717, 1.165) is 0 Å². The zero-order valence-electron chi connectivity index (χ0n) is 16.9. The number of aromatic nitrogens is 3. The highest BCUT2D eigenvalue weighted by atomic mass is 19.1. The Balaban J connectivity index is 1.98. The van der Waals surface area contributed by atoms with Gasteiger partial charge in [-0.25, -0.2) is 18.7 Å². The highest BCUT2D eigenvalue weighted by Gasteiger charge is 2.22. The number of anilines is 1. The number of halogens is 2. The van der Waals surface area contributed by atoms with E-state index in [2.05, 4.69) is 15.3 Å². The van der Waals surface area contributed by atoms with Crippen LogP contribution in [0.5, 0.6) is 5.75 Å². The Morgan fingerprint density at radius 3 is 2.97 bits per heavy atom. The van der Waals surface area contributed by atoms with E-state index in [1.807, 2.05) is 4.57 Å². The van der Waals surface area contributed by atoms with E-state index in [1.165, 1.54) is 18.3 Å². The first-order valence-corrected chi connectivity index (χ1v) is 9.78. The third kappa shape index (κ3) is 3.98. The quantitative estimate of drug-likeness (QED) is 0.554. The number of hydrogen-bond acceptors (Lipinski definition) is 6. The van der Waals surface area contributed by atoms with Gasteiger partial charge in [0.1, 0.15) is 24.4 Å². The Morgan fingerprint density at radius 2 is 2.19 bits per heavy atom. The van der Waals surface area contributed by atoms with Crippen LogP contribution < -0.4 is 15.8 Å². The fourth-order valence-electron chi connectivity index (χ4n) is 3.65. The number of alkyl halides is 1. The van der Waals surface area contributed by atoms with Gasteiger partial charge in [-0.05, 0) is 31.2 Å². The summed E-state index contributed by atoms with van der Waals surface area (Å²) in [5.41, 5.74) is 9.08. The van der Waals surface area contributed by atoms with Crippen molar-refractivity contribution in [1.29, 1.82) is 5.41 Å². The number of nitrogen functional groups attached to an aromatic ring is 1. The minimum absolute atomic E-state index is 0.0720. The molecule has 0 fully saturated rings. The molecule has 1 atom stereocenters. The standard InChI is InChI=1S/C22H22F2N6O/c1-13-18-9-16(24)2-3-17(18)22-28-6-7-30(22)12-15(10-25)20(27-5-4-23)14-8-19(31-13)21(26)29-11-14/h2-3,6-11,13,25,27H,4-5,12H2,1H3,(H2,26,29)/b20-15+,25-10?. The summed E-state index contributed by atoms with van der Waals surface area (Å²) >= 11 is 0. The molecule has 4 N–H and O–H groups in total. The molecule has 160 valence electrons. The third-order valence-corrected chi connectivity index (χ3v) is 5.11. The lowest BCUT2D eigenvalue weighted by Gasteiger charge is -2.23. The lowest BCUT2D eigenvalue weighted by atomic mass is 10.0. The van der Waals surface area contributed by atoms with E-state index in [0.29, 0.717) is 46.1 Å². The molecule has 1 aliphatic heterocycles. The van der Waals surface area contributed by atoms with E-state index in [4.69, 9.17) is 15.9 Å². The molecular weight excluding hydrogens is 402 g/mol. The van der Waals surface area contributed by atoms with Crippen molar-refractivity contribution in [2.45, 2.75) is 19.6 Å². The number of imidazole rings is 1. The number of ether oxygens (including phenoxy) is 1. The van der Waals surface area contributed by atoms with Gasteiger partial charge in [-0.15, -0.1) is 0 Å². The maximum atomic E-state index is 14.1. The molecule has 0 saturated heterocycles. The van der Waals surface area contributed by atoms with Crippen LogP contribution in [-0.2, 0) is 6.54 Å². The Hall–Kier alpha value is -3.75. The second-order valence-electron chi connectivity index (χ2n) is 7.14. The van der Waals surface area contributed by atoms with Gasteiger partial charge in [0.05, 0.1) is 6.54 Å². The molecule has 1 aromatic carbocycles. The van der Waals surface area contributed by atoms with Crippen molar-refractivity contribution in [3.05, 3.63) is 65.4 Å². The van der Waals surface area contributed by atoms with E-state index in [-0.39, 0.29) is 12.4 Å². The third-order valence-electron chi connectivity index (χ3n) is 5.11. The topological polar surface area (TPSA) is 102 Å². The molecule has 0 aliphatic carbocycles. The number of allylic oxidation sites excluding steroid dienone is 1. The summed E-state index contributed by atoms with van der Waals surface area (Å²) in [6, 6.07) is 6.13. The average molecular weight is 424 g/mol. The van der Waals surface area contributed by atoms with Crippen molar-refractivity contribution in [1.82, 2.24) is 19.9 Å². The van der Waals surface area contributed by atoms with Crippen LogP contribution in [0.1, 0.15) is 24.2 Å². The van der Waals surface area contributed by atoms with Crippen LogP contribution in [0.25, 0.3) is 17.1 Å². The Kier molecular flexibility index (Phi) is 5.66. The van der Waals surface area contributed by atoms with Crippen molar-refractivity contribution in [3.8, 4) is 17.1 Å². The number of pyridine rings is 1. The molecule has 0 radical (unpaired) electrons. The summed E-state index contributed by atoms with van der Waals surface area (Å²) in [4.78, 5) is 8.68. The molecule has 0 spiro atoms. The van der Waals surface area contributed by atoms with Gasteiger partial charge in [0.15, 0.2) is 11.6 Å². The first-order valence-electron chi connectivity index (χ1n) is 9.78. The van der Waals surface area contributed by atoms with E-state index in [9.17, 15) is 8.78 Å². The highest BCUT2D eigenvalue weighted by Crippen LogP contribution is 2.35. The van der Waals surface area contributed by atoms with Crippen LogP contribution in [0.2, 0.25) is 0 Å². The minimum atomic E-state index is -0.577. The molecule has 0 amide bonds. The zero-order chi connectivity index (χ0) is 22.0. The fourth-order valence-corrected chi connectivity index (χ4v) is 3.65. The van der Waals surface area contributed by atoms with Crippen LogP contribution in [0.4, 0.5) is 14.6 Å². The van der Waals surface area contributed by atoms with Crippen LogP contribution in [-0.4, -0.2) is 34.0 Å². The molecule has 2 aromatic heterocycles. The van der Waals surface area contributed by atoms with Crippen LogP contribution in [0.15, 0.2) is 48.4 Å². The average Bonchev–Trinajstić information content (AvgIpc) is 3.22. The predicted octanol–water partition coefficient (Wildman–Crippen LogP) is 3.74. The Bertz CT molecular complexity index is 1160. The Morgan fingerprint density at radius 1 is 1.35 bits per heavy atom. The first kappa shape index (κ1) is 20.5. The largest absolute Gasteiger partial charge is 0.482 e. The van der Waals surface area contributed by atoms with Crippen molar-refractivity contribution in [2.75, 3.05) is 19.0 Å². The van der Waals surface area contributed by atoms with Gasteiger partial charge in [-0.1, -0.05) is 0 Å². The fraction of sp³-hybridized carbons (Fsp3) is 0.227. The molecule has 0 saturated carbocycles. The second-order valence-corrected chi connectivity index (χ2v) is 7.14. The maximum Gasteiger partial charge on any atom is 0.166 e. The van der Waals surface area contributed by atoms with Crippen molar-refractivity contribution in [2.24, 2.45) is 0 Å². The molecule has 1 unspecified atom stereocenters. The molecule has 3 heterocycles. The highest BCUT2D eigenvalue weighted by molar-refractivity contribution is 5.89. The summed E-state index contributed by atoms with van der Waals surface area (Å²) in [6.45, 7) is 1.58. The molecule has 2 bridgehead atoms. The molecule has 7 nitrogen and oxygen atoms in total. The van der Waals surface area contributed by atoms with Gasteiger partial charge in [-0.2, -0.15) is 0 Å². The SMILES string of the molecule is CC1Oc2cc(cnc2N)/C(NCCF)=C(/C=N)Cn2ccnc2-c2ccc(F)cc21. The number of nitrogens with zero attached hydrogens (tertiary/aromatic N) is 3. The van der Waals surface area contributed by atoms with Crippen LogP contribution in [0, 0.1) is 11.2 Å². The summed E-state index contributed by atoms with van der Waals surface area (Å²) < 4.78 is 35.0. The van der Waals surface area contributed by atoms with Crippen LogP contribution in [0.3, 0.4) is 0 Å². The van der Waals surface area contributed by atoms with Gasteiger partial charge in [0, 0.05) is 59.3 Å². The van der Waals surface area contributed by atoms with E-state index in [1.54, 1.807) is 37.6 Å². The van der Waals surface area contributed by atoms with Crippen LogP contribution >= 0.6 is 0 Å². The predicted molar refractivity (Wildman–Crippen MR) is 115 cm³/mol. The van der Waals surface area contributed by atoms with Crippen molar-refractivity contribution in [3.63, 3.8) is 0 Å². The van der Waals surface area contributed by atoms with Gasteiger partial charge in [0.2, 0.25) is 0 Å². The molecule has 4 rings (SSSR count). The lowest BCUT2D eigenvalue weighted by molar-refractivity contribution is 0.227. The second kappa shape index (κ2) is 8.55. The summed E-state index contributed by atoms with van der Waals surface area (Å²) in [5, 5.41) is 11.0. The summed E-state index contributed by atoms with van der Waals surface area (Å²) in [7, 11) is 0. The smallest absolute Gasteiger partial charge is 0.166 e. The Labute approximate surface area is 178 Å². The van der Waals surface area contributed by atoms with E-state index < -0.39 is 18.6 Å². The number of nitrogens with two attached hydrogens (primary N) is 1. The molecule has 31 heavy (non-hydrogen) atoms. The van der Waals surface area contributed by atoms with Gasteiger partial charge < -0.3 is 25.8 Å². The van der Waals surface area contributed by atoms with Crippen molar-refractivity contribution < 1.29 is 13.5 Å². The minimum Gasteiger partial charge on any atom is -0.482 e. The molecule has 3 aromatic rings. The van der Waals surface area contributed by atoms with Crippen molar-refractivity contribution >= 4 is 17.7 Å². The number of hydrogen-bond donors (Lipinski definition) is 3. The zero-order valence-corrected chi connectivity index (χ0v) is 16.9. The van der Waals surface area contributed by atoms with Gasteiger partial charge >= 0.3 is 0 Å². The molecule has 1 aliphatic rings. The normalized spacial score (nSPS) is 18.1. The first-order chi connectivity index (χ1) is 15.0. The lowest BCUT2D eigenvalue weighted by Crippen LogP contribution is -2.20. The monoisotopic (exact) mass is 424 g/mol. The number of benzene rings is 1. The molecular formula is C22H22F2N6O. The molecule has 9 heteroatoms. The summed E-state index contributed by atoms with van der Waals surface area (Å²) in [6.07, 6.45) is 5.63. The van der Waals surface area contributed by atoms with E-state index >= 15 is 0 Å². The van der Waals surface area contributed by atoms with Gasteiger partial charge in [0.25, 0.3) is 0 Å². The maximum absolute atomic E-state index is 14.1. The number of fused-ring (bicyclic) bond motifs is 5. The number of nitrogens with one attached hydrogen (secondary N) is 2. The number of rotatable bonds is 4. The summed E-state index contributed by atoms with van der Waals surface area (Å²) in [5.74, 6) is 0.698. The van der Waals surface area contributed by atoms with Gasteiger partial charge in [-0.3, -0.25) is 0 Å².